The van der Waals surface area contributed by atoms with E-state index in [2.05, 4.69) is 22.8 Å². The summed E-state index contributed by atoms with van der Waals surface area (Å²) < 4.78 is 1.75. The van der Waals surface area contributed by atoms with Crippen LogP contribution in [0.3, 0.4) is 0 Å². The number of halogens is 1. The van der Waals surface area contributed by atoms with E-state index in [-0.39, 0.29) is 5.91 Å². The summed E-state index contributed by atoms with van der Waals surface area (Å²) >= 11 is 8.16. The summed E-state index contributed by atoms with van der Waals surface area (Å²) in [6, 6.07) is 26.6. The van der Waals surface area contributed by atoms with Gasteiger partial charge in [0.15, 0.2) is 0 Å². The van der Waals surface area contributed by atoms with E-state index in [1.807, 2.05) is 79.7 Å². The van der Waals surface area contributed by atoms with Crippen LogP contribution in [0.1, 0.15) is 24.1 Å². The van der Waals surface area contributed by atoms with Gasteiger partial charge in [0.05, 0.1) is 5.57 Å². The monoisotopic (exact) mass is 487 g/mol. The standard InChI is InChI=1S/C26H22ClN5OS/c1-17-22(24(33)29-19-12-6-3-7-13-19)23(20-14-8-9-15-21(20)27)32-25(28-17)30-26(31-32)34-16-18-10-4-2-5-11-18/h2-15,23H,16H2,1H3,(H,29,33)(H,28,30,31)/t23-/m1/s1. The first-order valence-electron chi connectivity index (χ1n) is 10.8. The normalized spacial score (nSPS) is 14.9. The zero-order valence-corrected chi connectivity index (χ0v) is 20.0. The minimum atomic E-state index is -0.521. The summed E-state index contributed by atoms with van der Waals surface area (Å²) in [6.07, 6.45) is 0. The van der Waals surface area contributed by atoms with E-state index < -0.39 is 6.04 Å². The second kappa shape index (κ2) is 9.75. The van der Waals surface area contributed by atoms with Crippen LogP contribution in [0.5, 0.6) is 0 Å². The third kappa shape index (κ3) is 4.58. The molecule has 0 unspecified atom stereocenters. The molecule has 2 heterocycles. The van der Waals surface area contributed by atoms with E-state index in [1.54, 1.807) is 16.4 Å². The van der Waals surface area contributed by atoms with Crippen molar-refractivity contribution >= 4 is 40.9 Å². The van der Waals surface area contributed by atoms with Crippen molar-refractivity contribution in [1.29, 1.82) is 0 Å². The third-order valence-electron chi connectivity index (χ3n) is 5.52. The molecular weight excluding hydrogens is 466 g/mol. The molecule has 1 amide bonds. The van der Waals surface area contributed by atoms with Gasteiger partial charge in [0.25, 0.3) is 5.91 Å². The lowest BCUT2D eigenvalue weighted by atomic mass is 9.95. The van der Waals surface area contributed by atoms with Crippen molar-refractivity contribution in [2.75, 3.05) is 10.6 Å². The zero-order chi connectivity index (χ0) is 23.5. The number of nitrogens with one attached hydrogen (secondary N) is 2. The largest absolute Gasteiger partial charge is 0.328 e. The predicted octanol–water partition coefficient (Wildman–Crippen LogP) is 6.15. The quantitative estimate of drug-likeness (QED) is 0.319. The summed E-state index contributed by atoms with van der Waals surface area (Å²) in [5.74, 6) is 1.10. The Kier molecular flexibility index (Phi) is 6.38. The maximum absolute atomic E-state index is 13.5. The average Bonchev–Trinajstić information content (AvgIpc) is 3.26. The minimum Gasteiger partial charge on any atom is -0.328 e. The molecule has 0 fully saturated rings. The van der Waals surface area contributed by atoms with Crippen molar-refractivity contribution in [3.8, 4) is 0 Å². The number of para-hydroxylation sites is 1. The molecule has 1 atom stereocenters. The van der Waals surface area contributed by atoms with E-state index >= 15 is 0 Å². The molecule has 6 nitrogen and oxygen atoms in total. The lowest BCUT2D eigenvalue weighted by molar-refractivity contribution is -0.113. The van der Waals surface area contributed by atoms with Gasteiger partial charge < -0.3 is 10.6 Å². The Hall–Kier alpha value is -3.55. The zero-order valence-electron chi connectivity index (χ0n) is 18.4. The molecule has 1 aliphatic heterocycles. The number of carbonyl (C=O) groups excluding carboxylic acids is 1. The number of anilines is 2. The molecule has 0 aliphatic carbocycles. The van der Waals surface area contributed by atoms with E-state index in [9.17, 15) is 4.79 Å². The van der Waals surface area contributed by atoms with Gasteiger partial charge >= 0.3 is 0 Å². The van der Waals surface area contributed by atoms with E-state index in [0.717, 1.165) is 11.3 Å². The molecule has 0 saturated carbocycles. The van der Waals surface area contributed by atoms with Crippen molar-refractivity contribution in [1.82, 2.24) is 14.8 Å². The number of allylic oxidation sites excluding steroid dienone is 1. The molecular formula is C26H22ClN5OS. The molecule has 8 heteroatoms. The molecule has 170 valence electrons. The van der Waals surface area contributed by atoms with Crippen LogP contribution in [-0.2, 0) is 10.5 Å². The fourth-order valence-corrected chi connectivity index (χ4v) is 4.94. The van der Waals surface area contributed by atoms with Crippen LogP contribution in [0.4, 0.5) is 11.6 Å². The summed E-state index contributed by atoms with van der Waals surface area (Å²) in [5, 5.41) is 12.2. The number of nitrogens with zero attached hydrogens (tertiary/aromatic N) is 3. The van der Waals surface area contributed by atoms with Crippen molar-refractivity contribution in [3.63, 3.8) is 0 Å². The molecule has 3 aromatic carbocycles. The Morgan fingerprint density at radius 3 is 2.44 bits per heavy atom. The van der Waals surface area contributed by atoms with Gasteiger partial charge in [-0.3, -0.25) is 4.79 Å². The Balaban J connectivity index is 1.51. The molecule has 0 bridgehead atoms. The van der Waals surface area contributed by atoms with Gasteiger partial charge in [-0.15, -0.1) is 5.10 Å². The van der Waals surface area contributed by atoms with Gasteiger partial charge in [-0.1, -0.05) is 90.1 Å². The predicted molar refractivity (Wildman–Crippen MR) is 137 cm³/mol. The van der Waals surface area contributed by atoms with Crippen LogP contribution in [-0.4, -0.2) is 20.7 Å². The highest BCUT2D eigenvalue weighted by molar-refractivity contribution is 7.98. The molecule has 0 saturated heterocycles. The Bertz CT molecular complexity index is 1350. The first-order valence-corrected chi connectivity index (χ1v) is 12.2. The highest BCUT2D eigenvalue weighted by Crippen LogP contribution is 2.39. The number of aromatic nitrogens is 3. The van der Waals surface area contributed by atoms with E-state index in [4.69, 9.17) is 21.7 Å². The first-order chi connectivity index (χ1) is 16.6. The lowest BCUT2D eigenvalue weighted by Gasteiger charge is -2.29. The van der Waals surface area contributed by atoms with Crippen LogP contribution in [0, 0.1) is 0 Å². The first kappa shape index (κ1) is 22.3. The summed E-state index contributed by atoms with van der Waals surface area (Å²) in [6.45, 7) is 1.87. The molecule has 1 aliphatic rings. The van der Waals surface area contributed by atoms with E-state index in [1.165, 1.54) is 5.56 Å². The molecule has 0 radical (unpaired) electrons. The van der Waals surface area contributed by atoms with Gasteiger partial charge in [-0.25, -0.2) is 4.68 Å². The Morgan fingerprint density at radius 2 is 1.71 bits per heavy atom. The van der Waals surface area contributed by atoms with Crippen LogP contribution < -0.4 is 10.6 Å². The summed E-state index contributed by atoms with van der Waals surface area (Å²) in [7, 11) is 0. The van der Waals surface area contributed by atoms with Gasteiger partial charge in [0.1, 0.15) is 6.04 Å². The fourth-order valence-electron chi connectivity index (χ4n) is 3.91. The van der Waals surface area contributed by atoms with Crippen LogP contribution in [0.25, 0.3) is 0 Å². The van der Waals surface area contributed by atoms with Gasteiger partial charge in [-0.2, -0.15) is 4.98 Å². The highest BCUT2D eigenvalue weighted by Gasteiger charge is 2.35. The molecule has 2 N–H and O–H groups in total. The Morgan fingerprint density at radius 1 is 1.03 bits per heavy atom. The second-order valence-corrected chi connectivity index (χ2v) is 9.19. The van der Waals surface area contributed by atoms with Crippen molar-refractivity contribution in [2.45, 2.75) is 23.9 Å². The number of rotatable bonds is 6. The molecule has 5 rings (SSSR count). The summed E-state index contributed by atoms with van der Waals surface area (Å²) in [5.41, 5.74) is 3.93. The van der Waals surface area contributed by atoms with Crippen molar-refractivity contribution < 1.29 is 4.79 Å². The van der Waals surface area contributed by atoms with Gasteiger partial charge in [0, 0.05) is 27.7 Å². The number of thioether (sulfide) groups is 1. The molecule has 34 heavy (non-hydrogen) atoms. The third-order valence-corrected chi connectivity index (χ3v) is 6.77. The maximum Gasteiger partial charge on any atom is 0.255 e. The lowest BCUT2D eigenvalue weighted by Crippen LogP contribution is -2.31. The SMILES string of the molecule is CC1=C(C(=O)Nc2ccccc2)[C@@H](c2ccccc2Cl)n2nc(SCc3ccccc3)nc2N1. The smallest absolute Gasteiger partial charge is 0.255 e. The number of fused-ring (bicyclic) bond motifs is 1. The van der Waals surface area contributed by atoms with Gasteiger partial charge in [-0.05, 0) is 30.7 Å². The molecule has 0 spiro atoms. The number of hydrogen-bond donors (Lipinski definition) is 2. The highest BCUT2D eigenvalue weighted by atomic mass is 35.5. The number of hydrogen-bond acceptors (Lipinski definition) is 5. The number of benzene rings is 3. The number of amides is 1. The van der Waals surface area contributed by atoms with Crippen molar-refractivity contribution in [3.05, 3.63) is 112 Å². The average molecular weight is 488 g/mol. The van der Waals surface area contributed by atoms with Crippen molar-refractivity contribution in [2.24, 2.45) is 0 Å². The second-order valence-electron chi connectivity index (χ2n) is 7.84. The molecule has 1 aromatic heterocycles. The van der Waals surface area contributed by atoms with Crippen LogP contribution in [0.15, 0.2) is 101 Å². The topological polar surface area (TPSA) is 71.8 Å². The Labute approximate surface area is 207 Å². The summed E-state index contributed by atoms with van der Waals surface area (Å²) in [4.78, 5) is 18.2. The van der Waals surface area contributed by atoms with E-state index in [0.29, 0.717) is 33.1 Å². The molecule has 4 aromatic rings. The maximum atomic E-state index is 13.5. The fraction of sp³-hybridized carbons (Fsp3) is 0.115. The minimum absolute atomic E-state index is 0.222. The van der Waals surface area contributed by atoms with Gasteiger partial charge in [0.2, 0.25) is 11.1 Å². The van der Waals surface area contributed by atoms with Crippen LogP contribution >= 0.6 is 23.4 Å². The number of carbonyl (C=O) groups is 1. The van der Waals surface area contributed by atoms with Crippen LogP contribution in [0.2, 0.25) is 5.02 Å².